The number of halogens is 4. The minimum atomic E-state index is -4.59. The van der Waals surface area contributed by atoms with Crippen LogP contribution in [0.25, 0.3) is 6.08 Å². The predicted octanol–water partition coefficient (Wildman–Crippen LogP) is 4.74. The SMILES string of the molecule is O=C(C=Cc1ccc(F)cc1)c1ccccc1C(F)(F)F. The van der Waals surface area contributed by atoms with Crippen LogP contribution in [0.1, 0.15) is 21.5 Å². The Morgan fingerprint density at radius 2 is 1.57 bits per heavy atom. The van der Waals surface area contributed by atoms with E-state index in [4.69, 9.17) is 0 Å². The number of carbonyl (C=O) groups excluding carboxylic acids is 1. The summed E-state index contributed by atoms with van der Waals surface area (Å²) in [4.78, 5) is 11.9. The van der Waals surface area contributed by atoms with Gasteiger partial charge in [-0.05, 0) is 29.8 Å². The molecule has 0 aliphatic rings. The van der Waals surface area contributed by atoms with E-state index in [9.17, 15) is 22.4 Å². The number of rotatable bonds is 3. The van der Waals surface area contributed by atoms with Crippen molar-refractivity contribution < 1.29 is 22.4 Å². The van der Waals surface area contributed by atoms with Gasteiger partial charge < -0.3 is 0 Å². The Kier molecular flexibility index (Phi) is 4.21. The minimum Gasteiger partial charge on any atom is -0.289 e. The molecule has 0 aromatic heterocycles. The monoisotopic (exact) mass is 294 g/mol. The number of allylic oxidation sites excluding steroid dienone is 1. The van der Waals surface area contributed by atoms with Crippen molar-refractivity contribution in [3.05, 3.63) is 77.1 Å². The maximum atomic E-state index is 12.8. The summed E-state index contributed by atoms with van der Waals surface area (Å²) in [5.74, 6) is -1.19. The number of ketones is 1. The van der Waals surface area contributed by atoms with E-state index in [1.54, 1.807) is 0 Å². The third-order valence-electron chi connectivity index (χ3n) is 2.80. The van der Waals surface area contributed by atoms with Gasteiger partial charge in [0.05, 0.1) is 5.56 Å². The number of hydrogen-bond donors (Lipinski definition) is 0. The first-order valence-corrected chi connectivity index (χ1v) is 6.02. The lowest BCUT2D eigenvalue weighted by atomic mass is 10.0. The molecule has 0 saturated carbocycles. The first-order valence-electron chi connectivity index (χ1n) is 6.02. The summed E-state index contributed by atoms with van der Waals surface area (Å²) < 4.78 is 51.1. The van der Waals surface area contributed by atoms with Crippen LogP contribution in [0.5, 0.6) is 0 Å². The summed E-state index contributed by atoms with van der Waals surface area (Å²) in [5.41, 5.74) is -0.864. The van der Waals surface area contributed by atoms with E-state index in [0.29, 0.717) is 5.56 Å². The normalized spacial score (nSPS) is 11.8. The number of hydrogen-bond acceptors (Lipinski definition) is 1. The van der Waals surface area contributed by atoms with Gasteiger partial charge in [-0.2, -0.15) is 13.2 Å². The fraction of sp³-hybridized carbons (Fsp3) is 0.0625. The molecule has 0 aliphatic heterocycles. The predicted molar refractivity (Wildman–Crippen MR) is 71.2 cm³/mol. The molecule has 0 saturated heterocycles. The average Bonchev–Trinajstić information content (AvgIpc) is 2.45. The van der Waals surface area contributed by atoms with Crippen molar-refractivity contribution in [1.29, 1.82) is 0 Å². The van der Waals surface area contributed by atoms with Gasteiger partial charge in [-0.3, -0.25) is 4.79 Å². The molecule has 0 amide bonds. The molecule has 0 heterocycles. The van der Waals surface area contributed by atoms with E-state index in [0.717, 1.165) is 18.2 Å². The number of alkyl halides is 3. The Labute approximate surface area is 118 Å². The van der Waals surface area contributed by atoms with E-state index in [2.05, 4.69) is 0 Å². The first-order chi connectivity index (χ1) is 9.88. The molecule has 21 heavy (non-hydrogen) atoms. The highest BCUT2D eigenvalue weighted by molar-refractivity contribution is 6.07. The molecule has 0 atom stereocenters. The molecular weight excluding hydrogens is 284 g/mol. The summed E-state index contributed by atoms with van der Waals surface area (Å²) in [5, 5.41) is 0. The molecule has 0 radical (unpaired) electrons. The van der Waals surface area contributed by atoms with Crippen LogP contribution < -0.4 is 0 Å². The van der Waals surface area contributed by atoms with Crippen molar-refractivity contribution in [1.82, 2.24) is 0 Å². The van der Waals surface area contributed by atoms with E-state index in [1.807, 2.05) is 0 Å². The Hall–Kier alpha value is -2.43. The zero-order valence-electron chi connectivity index (χ0n) is 10.7. The summed E-state index contributed by atoms with van der Waals surface area (Å²) >= 11 is 0. The average molecular weight is 294 g/mol. The van der Waals surface area contributed by atoms with Gasteiger partial charge in [-0.1, -0.05) is 36.4 Å². The molecule has 2 rings (SSSR count). The zero-order chi connectivity index (χ0) is 15.5. The topological polar surface area (TPSA) is 17.1 Å². The minimum absolute atomic E-state index is 0.414. The van der Waals surface area contributed by atoms with E-state index in [-0.39, 0.29) is 0 Å². The lowest BCUT2D eigenvalue weighted by molar-refractivity contribution is -0.137. The van der Waals surface area contributed by atoms with Crippen LogP contribution in [0.4, 0.5) is 17.6 Å². The maximum Gasteiger partial charge on any atom is 0.417 e. The first kappa shape index (κ1) is 15.0. The van der Waals surface area contributed by atoms with Gasteiger partial charge in [-0.25, -0.2) is 4.39 Å². The summed E-state index contributed by atoms with van der Waals surface area (Å²) in [6, 6.07) is 9.84. The molecule has 108 valence electrons. The molecule has 0 spiro atoms. The van der Waals surface area contributed by atoms with Gasteiger partial charge in [0.15, 0.2) is 5.78 Å². The molecule has 0 N–H and O–H groups in total. The highest BCUT2D eigenvalue weighted by atomic mass is 19.4. The summed E-state index contributed by atoms with van der Waals surface area (Å²) in [7, 11) is 0. The van der Waals surface area contributed by atoms with Crippen LogP contribution in [-0.2, 0) is 6.18 Å². The van der Waals surface area contributed by atoms with Gasteiger partial charge in [0.1, 0.15) is 5.82 Å². The van der Waals surface area contributed by atoms with Crippen LogP contribution in [-0.4, -0.2) is 5.78 Å². The van der Waals surface area contributed by atoms with Gasteiger partial charge >= 0.3 is 6.18 Å². The third-order valence-corrected chi connectivity index (χ3v) is 2.80. The molecule has 1 nitrogen and oxygen atoms in total. The highest BCUT2D eigenvalue weighted by Crippen LogP contribution is 2.32. The fourth-order valence-electron chi connectivity index (χ4n) is 1.78. The molecule has 2 aromatic rings. The van der Waals surface area contributed by atoms with Crippen LogP contribution in [0.15, 0.2) is 54.6 Å². The van der Waals surface area contributed by atoms with Gasteiger partial charge in [-0.15, -0.1) is 0 Å². The smallest absolute Gasteiger partial charge is 0.289 e. The van der Waals surface area contributed by atoms with Crippen molar-refractivity contribution >= 4 is 11.9 Å². The molecule has 0 unspecified atom stereocenters. The molecule has 0 aliphatic carbocycles. The molecular formula is C16H10F4O. The standard InChI is InChI=1S/C16H10F4O/c17-12-8-5-11(6-9-12)7-10-15(21)13-3-1-2-4-14(13)16(18,19)20/h1-10H. The third kappa shape index (κ3) is 3.78. The number of carbonyl (C=O) groups is 1. The maximum absolute atomic E-state index is 12.8. The second-order valence-electron chi connectivity index (χ2n) is 4.29. The molecule has 2 aromatic carbocycles. The zero-order valence-corrected chi connectivity index (χ0v) is 10.7. The van der Waals surface area contributed by atoms with Crippen LogP contribution in [0.2, 0.25) is 0 Å². The molecule has 5 heteroatoms. The Morgan fingerprint density at radius 1 is 0.952 bits per heavy atom. The second-order valence-corrected chi connectivity index (χ2v) is 4.29. The lowest BCUT2D eigenvalue weighted by Gasteiger charge is -2.10. The van der Waals surface area contributed by atoms with Crippen LogP contribution in [0, 0.1) is 5.82 Å². The Morgan fingerprint density at radius 3 is 2.19 bits per heavy atom. The van der Waals surface area contributed by atoms with Crippen molar-refractivity contribution in [2.75, 3.05) is 0 Å². The Bertz CT molecular complexity index is 669. The fourth-order valence-corrected chi connectivity index (χ4v) is 1.78. The van der Waals surface area contributed by atoms with Crippen LogP contribution in [0.3, 0.4) is 0 Å². The van der Waals surface area contributed by atoms with Crippen molar-refractivity contribution in [2.24, 2.45) is 0 Å². The molecule has 0 fully saturated rings. The summed E-state index contributed by atoms with van der Waals surface area (Å²) in [6.45, 7) is 0. The van der Waals surface area contributed by atoms with Crippen molar-refractivity contribution in [3.63, 3.8) is 0 Å². The summed E-state index contributed by atoms with van der Waals surface area (Å²) in [6.07, 6.45) is -2.21. The van der Waals surface area contributed by atoms with E-state index in [1.165, 1.54) is 42.5 Å². The van der Waals surface area contributed by atoms with Gasteiger partial charge in [0, 0.05) is 5.56 Å². The van der Waals surface area contributed by atoms with E-state index < -0.39 is 28.9 Å². The second kappa shape index (κ2) is 5.91. The number of benzene rings is 2. The van der Waals surface area contributed by atoms with Gasteiger partial charge in [0.25, 0.3) is 0 Å². The van der Waals surface area contributed by atoms with Crippen molar-refractivity contribution in [3.8, 4) is 0 Å². The van der Waals surface area contributed by atoms with Gasteiger partial charge in [0.2, 0.25) is 0 Å². The quantitative estimate of drug-likeness (QED) is 0.454. The van der Waals surface area contributed by atoms with E-state index >= 15 is 0 Å². The Balaban J connectivity index is 2.27. The van der Waals surface area contributed by atoms with Crippen molar-refractivity contribution in [2.45, 2.75) is 6.18 Å². The largest absolute Gasteiger partial charge is 0.417 e. The lowest BCUT2D eigenvalue weighted by Crippen LogP contribution is -2.11. The van der Waals surface area contributed by atoms with Crippen LogP contribution >= 0.6 is 0 Å². The highest BCUT2D eigenvalue weighted by Gasteiger charge is 2.34. The molecule has 0 bridgehead atoms.